The van der Waals surface area contributed by atoms with Gasteiger partial charge in [0.15, 0.2) is 4.47 Å². The van der Waals surface area contributed by atoms with Crippen LogP contribution in [0.5, 0.6) is 0 Å². The fourth-order valence-corrected chi connectivity index (χ4v) is 3.05. The van der Waals surface area contributed by atoms with E-state index in [-0.39, 0.29) is 0 Å². The average molecular weight is 246 g/mol. The second-order valence-electron chi connectivity index (χ2n) is 4.18. The van der Waals surface area contributed by atoms with Crippen LogP contribution in [0.15, 0.2) is 6.20 Å². The average Bonchev–Trinajstić information content (AvgIpc) is 2.56. The van der Waals surface area contributed by atoms with Crippen molar-refractivity contribution in [2.24, 2.45) is 5.73 Å². The van der Waals surface area contributed by atoms with E-state index in [1.807, 2.05) is 6.20 Å². The molecular formula is C10H16ClN3S. The minimum atomic E-state index is 0.376. The molecule has 1 aromatic rings. The first-order valence-corrected chi connectivity index (χ1v) is 6.44. The van der Waals surface area contributed by atoms with Gasteiger partial charge in [-0.1, -0.05) is 11.6 Å². The van der Waals surface area contributed by atoms with Crippen LogP contribution in [0, 0.1) is 0 Å². The second kappa shape index (κ2) is 4.78. The monoisotopic (exact) mass is 245 g/mol. The Labute approximate surface area is 99.2 Å². The minimum Gasteiger partial charge on any atom is -0.328 e. The van der Waals surface area contributed by atoms with Crippen molar-refractivity contribution in [1.82, 2.24) is 9.88 Å². The maximum atomic E-state index is 5.93. The zero-order chi connectivity index (χ0) is 10.8. The number of nitrogens with two attached hydrogens (primary N) is 1. The molecular weight excluding hydrogens is 230 g/mol. The van der Waals surface area contributed by atoms with E-state index in [0.717, 1.165) is 25.9 Å². The number of hydrogen-bond acceptors (Lipinski definition) is 4. The van der Waals surface area contributed by atoms with Gasteiger partial charge in [-0.3, -0.25) is 4.90 Å². The van der Waals surface area contributed by atoms with Gasteiger partial charge >= 0.3 is 0 Å². The van der Waals surface area contributed by atoms with E-state index < -0.39 is 0 Å². The van der Waals surface area contributed by atoms with Gasteiger partial charge in [0, 0.05) is 36.2 Å². The molecule has 5 heteroatoms. The van der Waals surface area contributed by atoms with Crippen LogP contribution in [0.3, 0.4) is 0 Å². The molecule has 0 aromatic carbocycles. The van der Waals surface area contributed by atoms with Gasteiger partial charge in [0.2, 0.25) is 0 Å². The number of piperidine rings is 1. The van der Waals surface area contributed by atoms with E-state index >= 15 is 0 Å². The molecule has 1 aliphatic rings. The van der Waals surface area contributed by atoms with Crippen molar-refractivity contribution in [1.29, 1.82) is 0 Å². The fourth-order valence-electron chi connectivity index (χ4n) is 2.05. The zero-order valence-corrected chi connectivity index (χ0v) is 10.4. The van der Waals surface area contributed by atoms with Crippen molar-refractivity contribution >= 4 is 22.9 Å². The van der Waals surface area contributed by atoms with Crippen molar-refractivity contribution in [2.45, 2.75) is 38.4 Å². The number of aromatic nitrogens is 1. The van der Waals surface area contributed by atoms with Crippen LogP contribution in [-0.2, 0) is 6.54 Å². The lowest BCUT2D eigenvalue weighted by Gasteiger charge is -2.35. The lowest BCUT2D eigenvalue weighted by Crippen LogP contribution is -2.44. The van der Waals surface area contributed by atoms with Crippen molar-refractivity contribution < 1.29 is 0 Å². The van der Waals surface area contributed by atoms with Crippen molar-refractivity contribution in [2.75, 3.05) is 6.54 Å². The number of nitrogens with zero attached hydrogens (tertiary/aromatic N) is 2. The second-order valence-corrected chi connectivity index (χ2v) is 5.88. The highest BCUT2D eigenvalue weighted by molar-refractivity contribution is 7.15. The Kier molecular flexibility index (Phi) is 3.61. The highest BCUT2D eigenvalue weighted by atomic mass is 35.5. The predicted molar refractivity (Wildman–Crippen MR) is 64.2 cm³/mol. The van der Waals surface area contributed by atoms with E-state index in [1.54, 1.807) is 11.3 Å². The first kappa shape index (κ1) is 11.3. The number of rotatable bonds is 2. The molecule has 3 nitrogen and oxygen atoms in total. The van der Waals surface area contributed by atoms with Gasteiger partial charge in [-0.05, 0) is 19.8 Å². The maximum Gasteiger partial charge on any atom is 0.183 e. The summed E-state index contributed by atoms with van der Waals surface area (Å²) in [5, 5.41) is 0. The zero-order valence-electron chi connectivity index (χ0n) is 8.82. The molecule has 2 unspecified atom stereocenters. The molecule has 15 heavy (non-hydrogen) atoms. The number of halogens is 1. The molecule has 1 fully saturated rings. The van der Waals surface area contributed by atoms with E-state index in [0.29, 0.717) is 16.6 Å². The van der Waals surface area contributed by atoms with E-state index in [4.69, 9.17) is 17.3 Å². The van der Waals surface area contributed by atoms with Gasteiger partial charge in [-0.25, -0.2) is 4.98 Å². The van der Waals surface area contributed by atoms with Crippen LogP contribution in [0.25, 0.3) is 0 Å². The lowest BCUT2D eigenvalue weighted by atomic mass is 9.99. The Morgan fingerprint density at radius 3 is 3.13 bits per heavy atom. The number of hydrogen-bond donors (Lipinski definition) is 1. The summed E-state index contributed by atoms with van der Waals surface area (Å²) in [6, 6.07) is 0.941. The van der Waals surface area contributed by atoms with Gasteiger partial charge in [-0.15, -0.1) is 11.3 Å². The molecule has 2 rings (SSSR count). The molecule has 2 atom stereocenters. The quantitative estimate of drug-likeness (QED) is 0.868. The molecule has 0 spiro atoms. The molecule has 84 valence electrons. The Hall–Kier alpha value is -0.160. The number of thiazole rings is 1. The van der Waals surface area contributed by atoms with E-state index in [9.17, 15) is 0 Å². The molecule has 0 bridgehead atoms. The fraction of sp³-hybridized carbons (Fsp3) is 0.700. The summed E-state index contributed by atoms with van der Waals surface area (Å²) in [6.45, 7) is 4.28. The smallest absolute Gasteiger partial charge is 0.183 e. The SMILES string of the molecule is CC1CC(N)CCN1Cc1cnc(Cl)s1. The Balaban J connectivity index is 1.94. The third kappa shape index (κ3) is 2.91. The Bertz CT molecular complexity index is 328. The predicted octanol–water partition coefficient (Wildman–Crippen LogP) is 2.11. The van der Waals surface area contributed by atoms with Gasteiger partial charge in [0.1, 0.15) is 0 Å². The first-order valence-electron chi connectivity index (χ1n) is 5.25. The van der Waals surface area contributed by atoms with Crippen molar-refractivity contribution in [3.63, 3.8) is 0 Å². The molecule has 1 aliphatic heterocycles. The minimum absolute atomic E-state index is 0.376. The topological polar surface area (TPSA) is 42.1 Å². The number of likely N-dealkylation sites (tertiary alicyclic amines) is 1. The van der Waals surface area contributed by atoms with Crippen LogP contribution in [-0.4, -0.2) is 28.5 Å². The summed E-state index contributed by atoms with van der Waals surface area (Å²) in [7, 11) is 0. The lowest BCUT2D eigenvalue weighted by molar-refractivity contribution is 0.141. The Morgan fingerprint density at radius 1 is 1.73 bits per heavy atom. The third-order valence-electron chi connectivity index (χ3n) is 2.94. The van der Waals surface area contributed by atoms with Crippen LogP contribution in [0.1, 0.15) is 24.6 Å². The molecule has 2 heterocycles. The summed E-state index contributed by atoms with van der Waals surface area (Å²) >= 11 is 7.37. The summed E-state index contributed by atoms with van der Waals surface area (Å²) in [5.74, 6) is 0. The van der Waals surface area contributed by atoms with Gasteiger partial charge in [-0.2, -0.15) is 0 Å². The standard InChI is InChI=1S/C10H16ClN3S/c1-7-4-8(12)2-3-14(7)6-9-5-13-10(11)15-9/h5,7-8H,2-4,6,12H2,1H3. The third-order valence-corrected chi connectivity index (χ3v) is 4.04. The van der Waals surface area contributed by atoms with Crippen LogP contribution >= 0.6 is 22.9 Å². The largest absolute Gasteiger partial charge is 0.328 e. The summed E-state index contributed by atoms with van der Waals surface area (Å²) < 4.78 is 0.631. The van der Waals surface area contributed by atoms with Crippen molar-refractivity contribution in [3.05, 3.63) is 15.5 Å². The molecule has 0 radical (unpaired) electrons. The van der Waals surface area contributed by atoms with Gasteiger partial charge in [0.25, 0.3) is 0 Å². The molecule has 0 amide bonds. The maximum absolute atomic E-state index is 5.93. The van der Waals surface area contributed by atoms with Crippen LogP contribution < -0.4 is 5.73 Å². The van der Waals surface area contributed by atoms with Crippen LogP contribution in [0.2, 0.25) is 4.47 Å². The molecule has 1 saturated heterocycles. The normalized spacial score (nSPS) is 28.2. The Morgan fingerprint density at radius 2 is 2.53 bits per heavy atom. The molecule has 1 aromatic heterocycles. The highest BCUT2D eigenvalue weighted by Crippen LogP contribution is 2.23. The van der Waals surface area contributed by atoms with E-state index in [1.165, 1.54) is 4.88 Å². The van der Waals surface area contributed by atoms with Gasteiger partial charge < -0.3 is 5.73 Å². The summed E-state index contributed by atoms with van der Waals surface area (Å²) in [6.07, 6.45) is 4.05. The highest BCUT2D eigenvalue weighted by Gasteiger charge is 2.23. The summed E-state index contributed by atoms with van der Waals surface area (Å²) in [5.41, 5.74) is 5.93. The van der Waals surface area contributed by atoms with Gasteiger partial charge in [0.05, 0.1) is 0 Å². The summed E-state index contributed by atoms with van der Waals surface area (Å²) in [4.78, 5) is 7.74. The first-order chi connectivity index (χ1) is 7.15. The van der Waals surface area contributed by atoms with E-state index in [2.05, 4.69) is 16.8 Å². The van der Waals surface area contributed by atoms with Crippen molar-refractivity contribution in [3.8, 4) is 0 Å². The molecule has 0 saturated carbocycles. The molecule has 0 aliphatic carbocycles. The van der Waals surface area contributed by atoms with Crippen LogP contribution in [0.4, 0.5) is 0 Å². The molecule has 2 N–H and O–H groups in total.